The maximum absolute atomic E-state index is 11.6. The SMILES string of the molecule is CC(C)O[C@@H]1O[C@H](COCc2ccccc2)C=CC1=O. The van der Waals surface area contributed by atoms with Gasteiger partial charge in [0.1, 0.15) is 6.10 Å². The highest BCUT2D eigenvalue weighted by Gasteiger charge is 2.26. The second-order valence-corrected chi connectivity index (χ2v) is 4.95. The van der Waals surface area contributed by atoms with Gasteiger partial charge in [0.05, 0.1) is 19.3 Å². The molecule has 0 unspecified atom stereocenters. The monoisotopic (exact) mass is 276 g/mol. The van der Waals surface area contributed by atoms with Gasteiger partial charge in [-0.3, -0.25) is 4.79 Å². The Bertz CT molecular complexity index is 453. The van der Waals surface area contributed by atoms with Gasteiger partial charge in [0.15, 0.2) is 0 Å². The van der Waals surface area contributed by atoms with Crippen LogP contribution in [0.25, 0.3) is 0 Å². The van der Waals surface area contributed by atoms with Crippen LogP contribution in [0.15, 0.2) is 42.5 Å². The summed E-state index contributed by atoms with van der Waals surface area (Å²) in [5, 5.41) is 0. The summed E-state index contributed by atoms with van der Waals surface area (Å²) >= 11 is 0. The Morgan fingerprint density at radius 2 is 2.00 bits per heavy atom. The normalized spacial score (nSPS) is 22.4. The lowest BCUT2D eigenvalue weighted by Gasteiger charge is -2.26. The highest BCUT2D eigenvalue weighted by molar-refractivity contribution is 5.93. The zero-order valence-corrected chi connectivity index (χ0v) is 11.8. The third-order valence-electron chi connectivity index (χ3n) is 2.80. The molecule has 1 aliphatic rings. The average molecular weight is 276 g/mol. The minimum Gasteiger partial charge on any atom is -0.374 e. The van der Waals surface area contributed by atoms with E-state index >= 15 is 0 Å². The van der Waals surface area contributed by atoms with Crippen molar-refractivity contribution in [2.75, 3.05) is 6.61 Å². The summed E-state index contributed by atoms with van der Waals surface area (Å²) in [6.07, 6.45) is 2.10. The van der Waals surface area contributed by atoms with Crippen molar-refractivity contribution in [1.82, 2.24) is 0 Å². The summed E-state index contributed by atoms with van der Waals surface area (Å²) < 4.78 is 16.6. The Morgan fingerprint density at radius 3 is 2.70 bits per heavy atom. The minimum absolute atomic E-state index is 0.0543. The van der Waals surface area contributed by atoms with Crippen molar-refractivity contribution in [2.45, 2.75) is 39.0 Å². The first kappa shape index (κ1) is 14.9. The standard InChI is InChI=1S/C16H20O4/c1-12(2)19-16-15(17)9-8-14(20-16)11-18-10-13-6-4-3-5-7-13/h3-9,12,14,16H,10-11H2,1-2H3/t14-,16+/m0/s1. The minimum atomic E-state index is -0.815. The van der Waals surface area contributed by atoms with Crippen molar-refractivity contribution >= 4 is 5.78 Å². The molecule has 0 N–H and O–H groups in total. The van der Waals surface area contributed by atoms with Crippen LogP contribution in [0.2, 0.25) is 0 Å². The maximum Gasteiger partial charge on any atom is 0.222 e. The zero-order valence-electron chi connectivity index (χ0n) is 11.8. The molecule has 0 aliphatic carbocycles. The Morgan fingerprint density at radius 1 is 1.25 bits per heavy atom. The van der Waals surface area contributed by atoms with E-state index in [9.17, 15) is 4.79 Å². The molecule has 2 atom stereocenters. The quantitative estimate of drug-likeness (QED) is 0.800. The van der Waals surface area contributed by atoms with Crippen LogP contribution < -0.4 is 0 Å². The van der Waals surface area contributed by atoms with Crippen LogP contribution in [0.4, 0.5) is 0 Å². The summed E-state index contributed by atoms with van der Waals surface area (Å²) in [6.45, 7) is 4.67. The Balaban J connectivity index is 1.79. The van der Waals surface area contributed by atoms with E-state index in [1.165, 1.54) is 6.08 Å². The van der Waals surface area contributed by atoms with Crippen molar-refractivity contribution in [3.63, 3.8) is 0 Å². The lowest BCUT2D eigenvalue weighted by atomic mass is 10.2. The van der Waals surface area contributed by atoms with Crippen LogP contribution in [-0.4, -0.2) is 30.9 Å². The molecule has 1 heterocycles. The fraction of sp³-hybridized carbons (Fsp3) is 0.438. The van der Waals surface area contributed by atoms with Gasteiger partial charge in [0.2, 0.25) is 12.1 Å². The van der Waals surface area contributed by atoms with E-state index in [-0.39, 0.29) is 18.0 Å². The number of benzene rings is 1. The molecule has 2 rings (SSSR count). The average Bonchev–Trinajstić information content (AvgIpc) is 2.43. The lowest BCUT2D eigenvalue weighted by Crippen LogP contribution is -2.37. The molecular formula is C16H20O4. The smallest absolute Gasteiger partial charge is 0.222 e. The van der Waals surface area contributed by atoms with Crippen LogP contribution >= 0.6 is 0 Å². The molecule has 108 valence electrons. The number of rotatable bonds is 6. The molecule has 0 amide bonds. The number of ether oxygens (including phenoxy) is 3. The predicted molar refractivity (Wildman–Crippen MR) is 75.1 cm³/mol. The predicted octanol–water partition coefficient (Wildman–Crippen LogP) is 2.48. The van der Waals surface area contributed by atoms with Gasteiger partial charge < -0.3 is 14.2 Å². The summed E-state index contributed by atoms with van der Waals surface area (Å²) in [4.78, 5) is 11.6. The van der Waals surface area contributed by atoms with Gasteiger partial charge in [-0.15, -0.1) is 0 Å². The Hall–Kier alpha value is -1.49. The van der Waals surface area contributed by atoms with Crippen molar-refractivity contribution in [3.05, 3.63) is 48.0 Å². The molecule has 0 spiro atoms. The van der Waals surface area contributed by atoms with Crippen LogP contribution in [0, 0.1) is 0 Å². The first-order valence-corrected chi connectivity index (χ1v) is 6.80. The molecule has 4 heteroatoms. The van der Waals surface area contributed by atoms with Gasteiger partial charge in [0, 0.05) is 0 Å². The third-order valence-corrected chi connectivity index (χ3v) is 2.80. The fourth-order valence-corrected chi connectivity index (χ4v) is 1.86. The van der Waals surface area contributed by atoms with E-state index in [1.807, 2.05) is 44.2 Å². The van der Waals surface area contributed by atoms with Gasteiger partial charge >= 0.3 is 0 Å². The van der Waals surface area contributed by atoms with E-state index in [0.717, 1.165) is 5.56 Å². The van der Waals surface area contributed by atoms with Gasteiger partial charge in [-0.05, 0) is 31.6 Å². The molecule has 0 fully saturated rings. The number of carbonyl (C=O) groups is 1. The van der Waals surface area contributed by atoms with E-state index in [0.29, 0.717) is 13.2 Å². The number of hydrogen-bond acceptors (Lipinski definition) is 4. The van der Waals surface area contributed by atoms with Crippen molar-refractivity contribution in [2.24, 2.45) is 0 Å². The van der Waals surface area contributed by atoms with Crippen LogP contribution in [0.3, 0.4) is 0 Å². The van der Waals surface area contributed by atoms with Gasteiger partial charge in [-0.1, -0.05) is 30.3 Å². The number of carbonyl (C=O) groups excluding carboxylic acids is 1. The van der Waals surface area contributed by atoms with Crippen molar-refractivity contribution < 1.29 is 19.0 Å². The second kappa shape index (κ2) is 7.33. The Kier molecular flexibility index (Phi) is 5.47. The fourth-order valence-electron chi connectivity index (χ4n) is 1.86. The van der Waals surface area contributed by atoms with E-state index in [1.54, 1.807) is 6.08 Å². The van der Waals surface area contributed by atoms with Crippen molar-refractivity contribution in [1.29, 1.82) is 0 Å². The Labute approximate surface area is 119 Å². The summed E-state index contributed by atoms with van der Waals surface area (Å²) in [5.41, 5.74) is 1.11. The van der Waals surface area contributed by atoms with Gasteiger partial charge in [-0.25, -0.2) is 0 Å². The van der Waals surface area contributed by atoms with E-state index in [4.69, 9.17) is 14.2 Å². The van der Waals surface area contributed by atoms with E-state index in [2.05, 4.69) is 0 Å². The third kappa shape index (κ3) is 4.56. The molecule has 1 aromatic rings. The topological polar surface area (TPSA) is 44.8 Å². The van der Waals surface area contributed by atoms with Gasteiger partial charge in [-0.2, -0.15) is 0 Å². The maximum atomic E-state index is 11.6. The molecule has 1 aromatic carbocycles. The van der Waals surface area contributed by atoms with E-state index < -0.39 is 6.29 Å². The molecule has 0 radical (unpaired) electrons. The highest BCUT2D eigenvalue weighted by atomic mass is 16.7. The molecular weight excluding hydrogens is 256 g/mol. The number of ketones is 1. The number of hydrogen-bond donors (Lipinski definition) is 0. The highest BCUT2D eigenvalue weighted by Crippen LogP contribution is 2.13. The molecule has 20 heavy (non-hydrogen) atoms. The van der Waals surface area contributed by atoms with Crippen LogP contribution in [0.1, 0.15) is 19.4 Å². The first-order valence-electron chi connectivity index (χ1n) is 6.80. The van der Waals surface area contributed by atoms with Gasteiger partial charge in [0.25, 0.3) is 0 Å². The summed E-state index contributed by atoms with van der Waals surface area (Å²) in [6, 6.07) is 9.93. The molecule has 0 aromatic heterocycles. The summed E-state index contributed by atoms with van der Waals surface area (Å²) in [7, 11) is 0. The molecule has 0 saturated heterocycles. The second-order valence-electron chi connectivity index (χ2n) is 4.95. The summed E-state index contributed by atoms with van der Waals surface area (Å²) in [5.74, 6) is -0.155. The molecule has 0 saturated carbocycles. The van der Waals surface area contributed by atoms with Crippen molar-refractivity contribution in [3.8, 4) is 0 Å². The molecule has 0 bridgehead atoms. The largest absolute Gasteiger partial charge is 0.374 e. The molecule has 1 aliphatic heterocycles. The van der Waals surface area contributed by atoms with Crippen LogP contribution in [0.5, 0.6) is 0 Å². The zero-order chi connectivity index (χ0) is 14.4. The lowest BCUT2D eigenvalue weighted by molar-refractivity contribution is -0.193. The molecule has 4 nitrogen and oxygen atoms in total. The first-order chi connectivity index (χ1) is 9.65. The van der Waals surface area contributed by atoms with Crippen LogP contribution in [-0.2, 0) is 25.6 Å².